The van der Waals surface area contributed by atoms with Crippen LogP contribution in [0, 0.1) is 18.8 Å². The standard InChI is InChI=1S/C14H20N2O3/c1-9(2)13(17)16(8-11(4)14(18)19)12-6-5-10(3)7-15-12/h5-7,9,11H,8H2,1-4H3,(H,18,19). The van der Waals surface area contributed by atoms with Crippen LogP contribution in [-0.2, 0) is 9.59 Å². The van der Waals surface area contributed by atoms with Gasteiger partial charge in [0.1, 0.15) is 5.82 Å². The van der Waals surface area contributed by atoms with Crippen molar-refractivity contribution in [2.45, 2.75) is 27.7 Å². The summed E-state index contributed by atoms with van der Waals surface area (Å²) in [6.07, 6.45) is 1.67. The van der Waals surface area contributed by atoms with Gasteiger partial charge in [-0.2, -0.15) is 0 Å². The van der Waals surface area contributed by atoms with E-state index in [-0.39, 0.29) is 18.4 Å². The van der Waals surface area contributed by atoms with E-state index >= 15 is 0 Å². The molecule has 0 aliphatic rings. The van der Waals surface area contributed by atoms with Crippen LogP contribution in [0.3, 0.4) is 0 Å². The summed E-state index contributed by atoms with van der Waals surface area (Å²) >= 11 is 0. The highest BCUT2D eigenvalue weighted by molar-refractivity contribution is 5.94. The van der Waals surface area contributed by atoms with Gasteiger partial charge in [-0.05, 0) is 18.6 Å². The first-order chi connectivity index (χ1) is 8.82. The Kier molecular flexibility index (Phi) is 5.03. The van der Waals surface area contributed by atoms with Crippen LogP contribution in [0.2, 0.25) is 0 Å². The molecule has 104 valence electrons. The Morgan fingerprint density at radius 1 is 1.32 bits per heavy atom. The number of hydrogen-bond acceptors (Lipinski definition) is 3. The number of rotatable bonds is 5. The molecule has 0 radical (unpaired) electrons. The van der Waals surface area contributed by atoms with Crippen LogP contribution in [0.1, 0.15) is 26.3 Å². The van der Waals surface area contributed by atoms with Crippen molar-refractivity contribution in [3.63, 3.8) is 0 Å². The van der Waals surface area contributed by atoms with E-state index in [1.807, 2.05) is 13.0 Å². The second kappa shape index (κ2) is 6.31. The van der Waals surface area contributed by atoms with Gasteiger partial charge in [-0.3, -0.25) is 14.5 Å². The summed E-state index contributed by atoms with van der Waals surface area (Å²) in [5, 5.41) is 8.98. The van der Waals surface area contributed by atoms with Gasteiger partial charge in [0.05, 0.1) is 5.92 Å². The highest BCUT2D eigenvalue weighted by Crippen LogP contribution is 2.16. The molecule has 0 fully saturated rings. The minimum absolute atomic E-state index is 0.121. The molecule has 5 heteroatoms. The van der Waals surface area contributed by atoms with Crippen LogP contribution in [0.15, 0.2) is 18.3 Å². The van der Waals surface area contributed by atoms with E-state index in [1.165, 1.54) is 4.90 Å². The number of aryl methyl sites for hydroxylation is 1. The van der Waals surface area contributed by atoms with Gasteiger partial charge in [0.15, 0.2) is 0 Å². The van der Waals surface area contributed by atoms with Crippen molar-refractivity contribution in [2.24, 2.45) is 11.8 Å². The second-order valence-corrected chi connectivity index (χ2v) is 5.04. The fourth-order valence-electron chi connectivity index (χ4n) is 1.58. The predicted octanol–water partition coefficient (Wildman–Crippen LogP) is 2.10. The molecule has 1 aromatic heterocycles. The van der Waals surface area contributed by atoms with E-state index in [0.717, 1.165) is 5.56 Å². The topological polar surface area (TPSA) is 70.5 Å². The van der Waals surface area contributed by atoms with E-state index in [1.54, 1.807) is 33.0 Å². The van der Waals surface area contributed by atoms with Gasteiger partial charge in [-0.15, -0.1) is 0 Å². The number of carboxylic acid groups (broad SMARTS) is 1. The molecule has 19 heavy (non-hydrogen) atoms. The van der Waals surface area contributed by atoms with E-state index in [4.69, 9.17) is 5.11 Å². The predicted molar refractivity (Wildman–Crippen MR) is 73.0 cm³/mol. The number of carbonyl (C=O) groups excluding carboxylic acids is 1. The van der Waals surface area contributed by atoms with E-state index in [0.29, 0.717) is 5.82 Å². The molecule has 1 unspecified atom stereocenters. The quantitative estimate of drug-likeness (QED) is 0.884. The zero-order valence-corrected chi connectivity index (χ0v) is 11.8. The molecule has 0 spiro atoms. The van der Waals surface area contributed by atoms with Crippen LogP contribution in [0.4, 0.5) is 5.82 Å². The second-order valence-electron chi connectivity index (χ2n) is 5.04. The van der Waals surface area contributed by atoms with E-state index < -0.39 is 11.9 Å². The maximum absolute atomic E-state index is 12.2. The number of pyridine rings is 1. The normalized spacial score (nSPS) is 12.3. The lowest BCUT2D eigenvalue weighted by molar-refractivity contribution is -0.140. The van der Waals surface area contributed by atoms with Gasteiger partial charge in [-0.25, -0.2) is 4.98 Å². The third-order valence-corrected chi connectivity index (χ3v) is 2.81. The van der Waals surface area contributed by atoms with Gasteiger partial charge < -0.3 is 5.11 Å². The summed E-state index contributed by atoms with van der Waals surface area (Å²) in [6, 6.07) is 3.60. The Morgan fingerprint density at radius 2 is 1.95 bits per heavy atom. The highest BCUT2D eigenvalue weighted by Gasteiger charge is 2.24. The first-order valence-electron chi connectivity index (χ1n) is 6.29. The fourth-order valence-corrected chi connectivity index (χ4v) is 1.58. The first kappa shape index (κ1) is 15.1. The number of anilines is 1. The molecule has 0 saturated heterocycles. The molecule has 1 atom stereocenters. The molecule has 0 saturated carbocycles. The average molecular weight is 264 g/mol. The van der Waals surface area contributed by atoms with Gasteiger partial charge >= 0.3 is 5.97 Å². The Morgan fingerprint density at radius 3 is 2.37 bits per heavy atom. The molecule has 0 aliphatic heterocycles. The third kappa shape index (κ3) is 4.05. The number of hydrogen-bond donors (Lipinski definition) is 1. The molecule has 1 heterocycles. The SMILES string of the molecule is Cc1ccc(N(CC(C)C(=O)O)C(=O)C(C)C)nc1. The van der Waals surface area contributed by atoms with Crippen molar-refractivity contribution in [1.29, 1.82) is 0 Å². The summed E-state index contributed by atoms with van der Waals surface area (Å²) in [6.45, 7) is 7.19. The number of amides is 1. The third-order valence-electron chi connectivity index (χ3n) is 2.81. The number of carboxylic acids is 1. The van der Waals surface area contributed by atoms with Crippen molar-refractivity contribution in [2.75, 3.05) is 11.4 Å². The molecule has 1 amide bonds. The molecule has 0 aromatic carbocycles. The summed E-state index contributed by atoms with van der Waals surface area (Å²) in [4.78, 5) is 28.8. The molecular weight excluding hydrogens is 244 g/mol. The highest BCUT2D eigenvalue weighted by atomic mass is 16.4. The Labute approximate surface area is 113 Å². The number of aliphatic carboxylic acids is 1. The Hall–Kier alpha value is -1.91. The summed E-state index contributed by atoms with van der Waals surface area (Å²) in [5.74, 6) is -1.38. The summed E-state index contributed by atoms with van der Waals surface area (Å²) in [5.41, 5.74) is 0.993. The van der Waals surface area contributed by atoms with Crippen molar-refractivity contribution < 1.29 is 14.7 Å². The van der Waals surface area contributed by atoms with Gasteiger partial charge in [0.2, 0.25) is 5.91 Å². The molecule has 1 aromatic rings. The summed E-state index contributed by atoms with van der Waals surface area (Å²) in [7, 11) is 0. The van der Waals surface area contributed by atoms with Crippen LogP contribution in [-0.4, -0.2) is 28.5 Å². The fraction of sp³-hybridized carbons (Fsp3) is 0.500. The number of aromatic nitrogens is 1. The van der Waals surface area contributed by atoms with Crippen LogP contribution in [0.5, 0.6) is 0 Å². The van der Waals surface area contributed by atoms with Gasteiger partial charge in [-0.1, -0.05) is 26.8 Å². The van der Waals surface area contributed by atoms with E-state index in [9.17, 15) is 9.59 Å². The largest absolute Gasteiger partial charge is 0.481 e. The molecule has 0 aliphatic carbocycles. The zero-order valence-electron chi connectivity index (χ0n) is 11.8. The minimum Gasteiger partial charge on any atom is -0.481 e. The molecule has 5 nitrogen and oxygen atoms in total. The van der Waals surface area contributed by atoms with Crippen molar-refractivity contribution >= 4 is 17.7 Å². The van der Waals surface area contributed by atoms with Gasteiger partial charge in [0.25, 0.3) is 0 Å². The maximum atomic E-state index is 12.2. The Bertz CT molecular complexity index is 454. The maximum Gasteiger partial charge on any atom is 0.308 e. The smallest absolute Gasteiger partial charge is 0.308 e. The zero-order chi connectivity index (χ0) is 14.6. The van der Waals surface area contributed by atoms with Crippen molar-refractivity contribution in [1.82, 2.24) is 4.98 Å². The van der Waals surface area contributed by atoms with Gasteiger partial charge in [0, 0.05) is 18.7 Å². The lowest BCUT2D eigenvalue weighted by atomic mass is 10.1. The molecule has 1 N–H and O–H groups in total. The minimum atomic E-state index is -0.923. The Balaban J connectivity index is 3.01. The monoisotopic (exact) mass is 264 g/mol. The van der Waals surface area contributed by atoms with Crippen molar-refractivity contribution in [3.8, 4) is 0 Å². The van der Waals surface area contributed by atoms with Crippen LogP contribution < -0.4 is 4.90 Å². The molecule has 1 rings (SSSR count). The molecule has 0 bridgehead atoms. The average Bonchev–Trinajstić information content (AvgIpc) is 2.35. The van der Waals surface area contributed by atoms with Crippen LogP contribution >= 0.6 is 0 Å². The number of nitrogens with zero attached hydrogens (tertiary/aromatic N) is 2. The molecular formula is C14H20N2O3. The summed E-state index contributed by atoms with van der Waals surface area (Å²) < 4.78 is 0. The number of carbonyl (C=O) groups is 2. The van der Waals surface area contributed by atoms with Crippen molar-refractivity contribution in [3.05, 3.63) is 23.9 Å². The van der Waals surface area contributed by atoms with Crippen LogP contribution in [0.25, 0.3) is 0 Å². The lowest BCUT2D eigenvalue weighted by Gasteiger charge is -2.25. The first-order valence-corrected chi connectivity index (χ1v) is 6.29. The van der Waals surface area contributed by atoms with E-state index in [2.05, 4.69) is 4.98 Å². The lowest BCUT2D eigenvalue weighted by Crippen LogP contribution is -2.39.